The Balaban J connectivity index is 1.22. The van der Waals surface area contributed by atoms with Gasteiger partial charge in [0.05, 0.1) is 23.8 Å². The van der Waals surface area contributed by atoms with Crippen molar-refractivity contribution in [2.45, 2.75) is 25.3 Å². The number of aromatic nitrogens is 3. The summed E-state index contributed by atoms with van der Waals surface area (Å²) >= 11 is 6.13. The molecule has 2 aromatic carbocycles. The molecule has 1 unspecified atom stereocenters. The molecule has 1 saturated heterocycles. The maximum absolute atomic E-state index is 13.3. The van der Waals surface area contributed by atoms with Crippen molar-refractivity contribution in [3.8, 4) is 11.3 Å². The van der Waals surface area contributed by atoms with Gasteiger partial charge < -0.3 is 15.5 Å². The molecular weight excluding hydrogens is 488 g/mol. The summed E-state index contributed by atoms with van der Waals surface area (Å²) in [7, 11) is 0. The molecule has 1 fully saturated rings. The summed E-state index contributed by atoms with van der Waals surface area (Å²) in [6.07, 6.45) is 7.30. The molecule has 184 valence electrons. The standard InChI is InChI=1S/C28H23ClN6O2/c29-20-5-8-22-23(15-20)33-25(36)14-19-16-31-28(34-26(19)22)32-21-6-3-18(4-7-21)27(37)35-13-1-2-24(35)17-9-11-30-12-10-17/h3-12,15-16,24H,1-2,13-14H2,(H,33,36)(H,31,32,34). The topological polar surface area (TPSA) is 100 Å². The molecular formula is C28H23ClN6O2. The molecule has 9 heteroatoms. The molecule has 0 radical (unpaired) electrons. The number of benzene rings is 2. The van der Waals surface area contributed by atoms with Gasteiger partial charge in [-0.1, -0.05) is 11.6 Å². The average Bonchev–Trinajstić information content (AvgIpc) is 3.35. The van der Waals surface area contributed by atoms with E-state index in [0.717, 1.165) is 41.8 Å². The van der Waals surface area contributed by atoms with Crippen LogP contribution in [0.15, 0.2) is 73.2 Å². The number of hydrogen-bond acceptors (Lipinski definition) is 6. The smallest absolute Gasteiger partial charge is 0.254 e. The Morgan fingerprint density at radius 2 is 1.89 bits per heavy atom. The van der Waals surface area contributed by atoms with Crippen LogP contribution in [-0.2, 0) is 11.2 Å². The molecule has 2 aliphatic rings. The fourth-order valence-electron chi connectivity index (χ4n) is 4.96. The second kappa shape index (κ2) is 9.63. The Morgan fingerprint density at radius 1 is 1.08 bits per heavy atom. The minimum absolute atomic E-state index is 0.0135. The zero-order chi connectivity index (χ0) is 25.4. The number of anilines is 3. The van der Waals surface area contributed by atoms with E-state index in [1.165, 1.54) is 0 Å². The van der Waals surface area contributed by atoms with Gasteiger partial charge in [0, 0.05) is 52.5 Å². The van der Waals surface area contributed by atoms with Crippen molar-refractivity contribution in [1.29, 1.82) is 0 Å². The van der Waals surface area contributed by atoms with Gasteiger partial charge in [0.1, 0.15) is 0 Å². The molecule has 6 rings (SSSR count). The number of nitrogens with zero attached hydrogens (tertiary/aromatic N) is 4. The lowest BCUT2D eigenvalue weighted by molar-refractivity contribution is -0.115. The van der Waals surface area contributed by atoms with Crippen molar-refractivity contribution in [2.24, 2.45) is 0 Å². The van der Waals surface area contributed by atoms with E-state index in [2.05, 4.69) is 20.6 Å². The van der Waals surface area contributed by atoms with Crippen LogP contribution in [-0.4, -0.2) is 38.2 Å². The third-order valence-corrected chi connectivity index (χ3v) is 6.95. The number of carbonyl (C=O) groups is 2. The number of halogens is 1. The van der Waals surface area contributed by atoms with Gasteiger partial charge in [-0.2, -0.15) is 0 Å². The highest BCUT2D eigenvalue weighted by Gasteiger charge is 2.30. The van der Waals surface area contributed by atoms with Crippen LogP contribution in [0, 0.1) is 0 Å². The Labute approximate surface area is 218 Å². The van der Waals surface area contributed by atoms with Crippen LogP contribution in [0.1, 0.15) is 40.4 Å². The number of nitrogens with one attached hydrogen (secondary N) is 2. The molecule has 0 aliphatic carbocycles. The lowest BCUT2D eigenvalue weighted by Crippen LogP contribution is -2.30. The number of carbonyl (C=O) groups excluding carboxylic acids is 2. The first-order valence-corrected chi connectivity index (χ1v) is 12.5. The van der Waals surface area contributed by atoms with Gasteiger partial charge in [-0.05, 0) is 73.0 Å². The highest BCUT2D eigenvalue weighted by molar-refractivity contribution is 6.31. The molecule has 0 spiro atoms. The van der Waals surface area contributed by atoms with Crippen molar-refractivity contribution in [3.05, 3.63) is 94.9 Å². The van der Waals surface area contributed by atoms with Gasteiger partial charge in [0.15, 0.2) is 0 Å². The van der Waals surface area contributed by atoms with Crippen LogP contribution in [0.3, 0.4) is 0 Å². The van der Waals surface area contributed by atoms with E-state index in [4.69, 9.17) is 16.6 Å². The molecule has 0 bridgehead atoms. The molecule has 2 aromatic heterocycles. The van der Waals surface area contributed by atoms with Crippen LogP contribution < -0.4 is 10.6 Å². The summed E-state index contributed by atoms with van der Waals surface area (Å²) in [6, 6.07) is 16.7. The lowest BCUT2D eigenvalue weighted by Gasteiger charge is -2.25. The molecule has 8 nitrogen and oxygen atoms in total. The predicted octanol–water partition coefficient (Wildman–Crippen LogP) is 5.41. The maximum atomic E-state index is 13.3. The van der Waals surface area contributed by atoms with Gasteiger partial charge >= 0.3 is 0 Å². The van der Waals surface area contributed by atoms with E-state index < -0.39 is 0 Å². The number of likely N-dealkylation sites (tertiary alicyclic amines) is 1. The summed E-state index contributed by atoms with van der Waals surface area (Å²) < 4.78 is 0. The molecule has 2 N–H and O–H groups in total. The maximum Gasteiger partial charge on any atom is 0.254 e. The summed E-state index contributed by atoms with van der Waals surface area (Å²) in [6.45, 7) is 0.735. The Kier molecular flexibility index (Phi) is 6.02. The molecule has 1 atom stereocenters. The van der Waals surface area contributed by atoms with Crippen molar-refractivity contribution in [3.63, 3.8) is 0 Å². The number of fused-ring (bicyclic) bond motifs is 3. The summed E-state index contributed by atoms with van der Waals surface area (Å²) in [5, 5.41) is 6.63. The van der Waals surface area contributed by atoms with Crippen molar-refractivity contribution >= 4 is 40.7 Å². The van der Waals surface area contributed by atoms with Crippen LogP contribution in [0.2, 0.25) is 5.02 Å². The van der Waals surface area contributed by atoms with E-state index in [1.807, 2.05) is 47.4 Å². The van der Waals surface area contributed by atoms with Crippen LogP contribution >= 0.6 is 11.6 Å². The van der Waals surface area contributed by atoms with Gasteiger partial charge in [-0.3, -0.25) is 14.6 Å². The number of rotatable bonds is 4. The third-order valence-electron chi connectivity index (χ3n) is 6.72. The number of amides is 2. The minimum atomic E-state index is -0.143. The van der Waals surface area contributed by atoms with E-state index in [0.29, 0.717) is 27.9 Å². The molecule has 2 aliphatic heterocycles. The Bertz CT molecular complexity index is 1490. The van der Waals surface area contributed by atoms with Gasteiger partial charge in [-0.15, -0.1) is 0 Å². The second-order valence-corrected chi connectivity index (χ2v) is 9.56. The number of hydrogen-bond donors (Lipinski definition) is 2. The SMILES string of the molecule is O=C1Cc2cnc(Nc3ccc(C(=O)N4CCCC4c4ccncc4)cc3)nc2-c2ccc(Cl)cc2N1. The zero-order valence-electron chi connectivity index (χ0n) is 19.8. The second-order valence-electron chi connectivity index (χ2n) is 9.12. The van der Waals surface area contributed by atoms with Crippen LogP contribution in [0.25, 0.3) is 11.3 Å². The van der Waals surface area contributed by atoms with Gasteiger partial charge in [0.2, 0.25) is 11.9 Å². The van der Waals surface area contributed by atoms with Crippen molar-refractivity contribution in [2.75, 3.05) is 17.2 Å². The summed E-state index contributed by atoms with van der Waals surface area (Å²) in [5.74, 6) is 0.265. The van der Waals surface area contributed by atoms with E-state index >= 15 is 0 Å². The number of pyridine rings is 1. The lowest BCUT2D eigenvalue weighted by atomic mass is 10.1. The first kappa shape index (κ1) is 23.1. The van der Waals surface area contributed by atoms with Crippen LogP contribution in [0.5, 0.6) is 0 Å². The molecule has 37 heavy (non-hydrogen) atoms. The summed E-state index contributed by atoms with van der Waals surface area (Å²) in [4.78, 5) is 40.7. The van der Waals surface area contributed by atoms with E-state index in [1.54, 1.807) is 30.7 Å². The fourth-order valence-corrected chi connectivity index (χ4v) is 5.13. The average molecular weight is 511 g/mol. The van der Waals surface area contributed by atoms with Crippen molar-refractivity contribution < 1.29 is 9.59 Å². The zero-order valence-corrected chi connectivity index (χ0v) is 20.6. The van der Waals surface area contributed by atoms with E-state index in [9.17, 15) is 9.59 Å². The monoisotopic (exact) mass is 510 g/mol. The van der Waals surface area contributed by atoms with Gasteiger partial charge in [0.25, 0.3) is 5.91 Å². The molecule has 4 aromatic rings. The molecule has 2 amide bonds. The molecule has 4 heterocycles. The highest BCUT2D eigenvalue weighted by atomic mass is 35.5. The Hall–Kier alpha value is -4.30. The quantitative estimate of drug-likeness (QED) is 0.381. The normalized spacial score (nSPS) is 16.4. The van der Waals surface area contributed by atoms with Gasteiger partial charge in [-0.25, -0.2) is 9.97 Å². The largest absolute Gasteiger partial charge is 0.332 e. The highest BCUT2D eigenvalue weighted by Crippen LogP contribution is 2.35. The first-order valence-electron chi connectivity index (χ1n) is 12.1. The van der Waals surface area contributed by atoms with E-state index in [-0.39, 0.29) is 24.3 Å². The Morgan fingerprint density at radius 3 is 2.70 bits per heavy atom. The van der Waals surface area contributed by atoms with Crippen LogP contribution in [0.4, 0.5) is 17.3 Å². The minimum Gasteiger partial charge on any atom is -0.332 e. The summed E-state index contributed by atoms with van der Waals surface area (Å²) in [5.41, 5.74) is 5.31. The van der Waals surface area contributed by atoms with Crippen molar-refractivity contribution in [1.82, 2.24) is 19.9 Å². The predicted molar refractivity (Wildman–Crippen MR) is 142 cm³/mol. The first-order chi connectivity index (χ1) is 18.0. The fraction of sp³-hybridized carbons (Fsp3) is 0.179. The molecule has 0 saturated carbocycles. The third kappa shape index (κ3) is 4.63.